The summed E-state index contributed by atoms with van der Waals surface area (Å²) in [6.07, 6.45) is 8.41. The van der Waals surface area contributed by atoms with Gasteiger partial charge in [0.2, 0.25) is 8.32 Å². The number of fused-ring (bicyclic) bond motifs is 5. The molecule has 0 N–H and O–H groups in total. The quantitative estimate of drug-likeness (QED) is 0.493. The van der Waals surface area contributed by atoms with Crippen LogP contribution in [-0.2, 0) is 10.8 Å². The largest absolute Gasteiger partial charge is 0.544 e. The highest BCUT2D eigenvalue weighted by atomic mass is 28.4. The van der Waals surface area contributed by atoms with Crippen molar-refractivity contribution < 1.29 is 8.85 Å². The van der Waals surface area contributed by atoms with Crippen LogP contribution in [0, 0.1) is 17.3 Å². The van der Waals surface area contributed by atoms with Crippen LogP contribution in [0.4, 0.5) is 0 Å². The van der Waals surface area contributed by atoms with Gasteiger partial charge in [-0.25, -0.2) is 0 Å². The summed E-state index contributed by atoms with van der Waals surface area (Å²) in [5.74, 6) is 3.55. The van der Waals surface area contributed by atoms with Gasteiger partial charge in [0, 0.05) is 0 Å². The second-order valence-electron chi connectivity index (χ2n) is 11.8. The molecule has 1 aromatic rings. The first-order valence-corrected chi connectivity index (χ1v) is 18.3. The minimum absolute atomic E-state index is 0.403. The molecule has 2 saturated carbocycles. The van der Waals surface area contributed by atoms with Gasteiger partial charge >= 0.3 is 0 Å². The van der Waals surface area contributed by atoms with Crippen LogP contribution in [0.1, 0.15) is 56.1 Å². The van der Waals surface area contributed by atoms with Crippen molar-refractivity contribution in [3.8, 4) is 5.75 Å². The maximum atomic E-state index is 6.71. The van der Waals surface area contributed by atoms with Crippen molar-refractivity contribution in [1.29, 1.82) is 0 Å². The molecule has 0 amide bonds. The molecule has 0 heterocycles. The smallest absolute Gasteiger partial charge is 0.242 e. The Labute approximate surface area is 174 Å². The van der Waals surface area contributed by atoms with Crippen LogP contribution in [0.2, 0.25) is 39.3 Å². The normalized spacial score (nSPS) is 35.1. The minimum atomic E-state index is -1.54. The average Bonchev–Trinajstić information content (AvgIpc) is 2.88. The highest BCUT2D eigenvalue weighted by molar-refractivity contribution is 6.70. The summed E-state index contributed by atoms with van der Waals surface area (Å²) in [7, 11) is -3.03. The van der Waals surface area contributed by atoms with E-state index in [9.17, 15) is 0 Å². The summed E-state index contributed by atoms with van der Waals surface area (Å²) in [5.41, 5.74) is 3.60. The lowest BCUT2D eigenvalue weighted by Gasteiger charge is -2.51. The van der Waals surface area contributed by atoms with E-state index in [0.717, 1.165) is 23.5 Å². The molecule has 0 radical (unpaired) electrons. The Morgan fingerprint density at radius 3 is 2.36 bits per heavy atom. The van der Waals surface area contributed by atoms with Crippen molar-refractivity contribution in [2.75, 3.05) is 0 Å². The van der Waals surface area contributed by atoms with Crippen LogP contribution in [0.3, 0.4) is 0 Å². The lowest BCUT2D eigenvalue weighted by molar-refractivity contribution is -0.0140. The molecule has 0 aliphatic heterocycles. The number of rotatable bonds is 4. The predicted molar refractivity (Wildman–Crippen MR) is 123 cm³/mol. The van der Waals surface area contributed by atoms with E-state index in [-0.39, 0.29) is 0 Å². The van der Waals surface area contributed by atoms with Crippen LogP contribution >= 0.6 is 0 Å². The number of aryl methyl sites for hydroxylation is 1. The van der Waals surface area contributed by atoms with Gasteiger partial charge < -0.3 is 8.85 Å². The van der Waals surface area contributed by atoms with Gasteiger partial charge in [-0.2, -0.15) is 0 Å². The summed E-state index contributed by atoms with van der Waals surface area (Å²) in [6.45, 7) is 16.4. The first-order chi connectivity index (χ1) is 13.0. The van der Waals surface area contributed by atoms with Crippen molar-refractivity contribution in [3.63, 3.8) is 0 Å². The van der Waals surface area contributed by atoms with Crippen molar-refractivity contribution in [2.24, 2.45) is 17.3 Å². The summed E-state index contributed by atoms with van der Waals surface area (Å²) in [4.78, 5) is 0. The van der Waals surface area contributed by atoms with Crippen molar-refractivity contribution in [2.45, 2.75) is 96.8 Å². The summed E-state index contributed by atoms with van der Waals surface area (Å²) in [6, 6.07) is 7.03. The van der Waals surface area contributed by atoms with E-state index in [1.807, 2.05) is 0 Å². The molecule has 28 heavy (non-hydrogen) atoms. The second kappa shape index (κ2) is 6.99. The monoisotopic (exact) mass is 416 g/mol. The van der Waals surface area contributed by atoms with E-state index in [1.165, 1.54) is 38.5 Å². The number of hydrogen-bond donors (Lipinski definition) is 0. The molecule has 0 saturated heterocycles. The van der Waals surface area contributed by atoms with Gasteiger partial charge in [-0.15, -0.1) is 0 Å². The van der Waals surface area contributed by atoms with Crippen LogP contribution in [0.15, 0.2) is 18.2 Å². The van der Waals surface area contributed by atoms with E-state index in [2.05, 4.69) is 64.4 Å². The van der Waals surface area contributed by atoms with Gasteiger partial charge in [0.05, 0.1) is 6.10 Å². The molecule has 1 aromatic carbocycles. The van der Waals surface area contributed by atoms with Crippen molar-refractivity contribution >= 4 is 16.6 Å². The molecule has 3 aliphatic carbocycles. The van der Waals surface area contributed by atoms with Gasteiger partial charge in [0.15, 0.2) is 8.32 Å². The Morgan fingerprint density at radius 1 is 0.929 bits per heavy atom. The van der Waals surface area contributed by atoms with Crippen LogP contribution < -0.4 is 4.43 Å². The van der Waals surface area contributed by atoms with Gasteiger partial charge in [-0.05, 0) is 124 Å². The fourth-order valence-corrected chi connectivity index (χ4v) is 8.62. The fourth-order valence-electron chi connectivity index (χ4n) is 6.55. The Balaban J connectivity index is 1.56. The van der Waals surface area contributed by atoms with E-state index in [4.69, 9.17) is 8.85 Å². The third-order valence-corrected chi connectivity index (χ3v) is 9.37. The van der Waals surface area contributed by atoms with Gasteiger partial charge in [0.1, 0.15) is 5.75 Å². The van der Waals surface area contributed by atoms with E-state index in [1.54, 1.807) is 11.1 Å². The van der Waals surface area contributed by atoms with Crippen molar-refractivity contribution in [1.82, 2.24) is 0 Å². The molecule has 3 unspecified atom stereocenters. The van der Waals surface area contributed by atoms with Crippen LogP contribution in [0.25, 0.3) is 0 Å². The molecule has 0 spiro atoms. The molecule has 4 heteroatoms. The molecule has 0 bridgehead atoms. The maximum absolute atomic E-state index is 6.71. The second-order valence-corrected chi connectivity index (χ2v) is 20.7. The molecule has 3 aliphatic rings. The molecule has 0 aromatic heterocycles. The Bertz CT molecular complexity index is 733. The standard InChI is InChI=1S/C24H40O2Si2/c1-24-15-14-20-19-11-9-18(25-27(2,3)4)16-17(19)8-10-21(20)22(24)12-13-23(24)26-28(5,6)7/h9,11,16,20-23H,8,10,12-15H2,1-7H3/t20?,21?,22?,23-,24+/m1/s1. The lowest BCUT2D eigenvalue weighted by Crippen LogP contribution is -2.47. The minimum Gasteiger partial charge on any atom is -0.544 e. The number of hydrogen-bond acceptors (Lipinski definition) is 2. The van der Waals surface area contributed by atoms with E-state index in [0.29, 0.717) is 11.5 Å². The summed E-state index contributed by atoms with van der Waals surface area (Å²) >= 11 is 0. The fraction of sp³-hybridized carbons (Fsp3) is 0.750. The van der Waals surface area contributed by atoms with Crippen molar-refractivity contribution in [3.05, 3.63) is 29.3 Å². The molecule has 5 atom stereocenters. The molecule has 4 rings (SSSR count). The topological polar surface area (TPSA) is 18.5 Å². The number of benzene rings is 1. The molecular formula is C24H40O2Si2. The first-order valence-electron chi connectivity index (χ1n) is 11.5. The van der Waals surface area contributed by atoms with E-state index < -0.39 is 16.6 Å². The van der Waals surface area contributed by atoms with Crippen LogP contribution in [0.5, 0.6) is 5.75 Å². The highest BCUT2D eigenvalue weighted by Gasteiger charge is 2.55. The first kappa shape index (κ1) is 20.7. The SMILES string of the molecule is C[C@]12CCC3c4ccc(O[Si](C)(C)C)cc4CCC3C1CC[C@H]2O[Si](C)(C)C. The molecule has 156 valence electrons. The zero-order chi connectivity index (χ0) is 20.3. The molecule has 2 fully saturated rings. The lowest BCUT2D eigenvalue weighted by atomic mass is 9.55. The maximum Gasteiger partial charge on any atom is 0.242 e. The zero-order valence-corrected chi connectivity index (χ0v) is 21.1. The zero-order valence-electron chi connectivity index (χ0n) is 19.1. The molecular weight excluding hydrogens is 376 g/mol. The molecule has 2 nitrogen and oxygen atoms in total. The third kappa shape index (κ3) is 3.89. The third-order valence-electron chi connectivity index (χ3n) is 7.53. The van der Waals surface area contributed by atoms with Gasteiger partial charge in [-0.3, -0.25) is 0 Å². The summed E-state index contributed by atoms with van der Waals surface area (Å²) in [5, 5.41) is 0. The van der Waals surface area contributed by atoms with Gasteiger partial charge in [-0.1, -0.05) is 13.0 Å². The van der Waals surface area contributed by atoms with Crippen LogP contribution in [-0.4, -0.2) is 22.7 Å². The highest BCUT2D eigenvalue weighted by Crippen LogP contribution is 2.61. The predicted octanol–water partition coefficient (Wildman–Crippen LogP) is 6.98. The van der Waals surface area contributed by atoms with E-state index >= 15 is 0 Å². The average molecular weight is 417 g/mol. The Morgan fingerprint density at radius 2 is 1.68 bits per heavy atom. The Kier molecular flexibility index (Phi) is 5.16. The summed E-state index contributed by atoms with van der Waals surface area (Å²) < 4.78 is 13.0. The Hall–Kier alpha value is -0.586. The van der Waals surface area contributed by atoms with Gasteiger partial charge in [0.25, 0.3) is 0 Å².